The number of nitrogens with one attached hydrogen (secondary N) is 1. The van der Waals surface area contributed by atoms with Crippen LogP contribution in [0.4, 0.5) is 9.18 Å². The zero-order chi connectivity index (χ0) is 20.5. The van der Waals surface area contributed by atoms with Crippen LogP contribution in [0, 0.1) is 5.82 Å². The summed E-state index contributed by atoms with van der Waals surface area (Å²) in [5.41, 5.74) is -0.719. The number of methoxy groups -OCH3 is 2. The van der Waals surface area contributed by atoms with Gasteiger partial charge in [0.1, 0.15) is 11.3 Å². The van der Waals surface area contributed by atoms with E-state index in [9.17, 15) is 18.8 Å². The predicted molar refractivity (Wildman–Crippen MR) is 97.9 cm³/mol. The Balaban J connectivity index is 1.81. The number of carbonyl (C=O) groups excluding carboxylic acids is 3. The number of benzene rings is 2. The molecule has 1 atom stereocenters. The molecular weight excluding hydrogens is 367 g/mol. The number of ether oxygens (including phenoxy) is 2. The maximum absolute atomic E-state index is 13.8. The molecule has 28 heavy (non-hydrogen) atoms. The van der Waals surface area contributed by atoms with Crippen LogP contribution >= 0.6 is 0 Å². The van der Waals surface area contributed by atoms with E-state index in [0.29, 0.717) is 11.3 Å². The second-order valence-electron chi connectivity index (χ2n) is 6.45. The lowest BCUT2D eigenvalue weighted by Gasteiger charge is -2.22. The fourth-order valence-corrected chi connectivity index (χ4v) is 3.04. The molecule has 146 valence electrons. The molecule has 0 unspecified atom stereocenters. The van der Waals surface area contributed by atoms with Gasteiger partial charge in [0, 0.05) is 5.56 Å². The molecule has 2 aromatic rings. The topological polar surface area (TPSA) is 84.9 Å². The Kier molecular flexibility index (Phi) is 5.04. The van der Waals surface area contributed by atoms with Crippen molar-refractivity contribution < 1.29 is 28.2 Å². The van der Waals surface area contributed by atoms with Crippen molar-refractivity contribution in [2.75, 3.05) is 20.8 Å². The summed E-state index contributed by atoms with van der Waals surface area (Å²) < 4.78 is 23.7. The van der Waals surface area contributed by atoms with Crippen LogP contribution in [-0.2, 0) is 10.3 Å². The minimum absolute atomic E-state index is 0.00128. The average Bonchev–Trinajstić information content (AvgIpc) is 2.91. The molecule has 1 saturated heterocycles. The monoisotopic (exact) mass is 386 g/mol. The van der Waals surface area contributed by atoms with Gasteiger partial charge in [-0.1, -0.05) is 12.1 Å². The van der Waals surface area contributed by atoms with Crippen LogP contribution < -0.4 is 14.8 Å². The number of imide groups is 1. The fraction of sp³-hybridized carbons (Fsp3) is 0.250. The number of amides is 3. The predicted octanol–water partition coefficient (Wildman–Crippen LogP) is 2.49. The van der Waals surface area contributed by atoms with Crippen molar-refractivity contribution in [2.45, 2.75) is 12.5 Å². The van der Waals surface area contributed by atoms with E-state index < -0.39 is 35.6 Å². The molecule has 1 heterocycles. The normalized spacial score (nSPS) is 18.8. The molecule has 1 fully saturated rings. The summed E-state index contributed by atoms with van der Waals surface area (Å²) in [6.45, 7) is 1.06. The average molecular weight is 386 g/mol. The Hall–Kier alpha value is -3.42. The molecule has 2 aromatic carbocycles. The van der Waals surface area contributed by atoms with Crippen molar-refractivity contribution >= 4 is 17.7 Å². The van der Waals surface area contributed by atoms with Crippen LogP contribution in [0.15, 0.2) is 42.5 Å². The summed E-state index contributed by atoms with van der Waals surface area (Å²) >= 11 is 0. The molecule has 0 spiro atoms. The second-order valence-corrected chi connectivity index (χ2v) is 6.45. The smallest absolute Gasteiger partial charge is 0.325 e. The van der Waals surface area contributed by atoms with Gasteiger partial charge in [0.15, 0.2) is 17.3 Å². The molecular formula is C20H19FN2O5. The van der Waals surface area contributed by atoms with Gasteiger partial charge < -0.3 is 14.8 Å². The molecule has 3 rings (SSSR count). The first-order valence-electron chi connectivity index (χ1n) is 8.45. The van der Waals surface area contributed by atoms with Gasteiger partial charge in [-0.05, 0) is 42.8 Å². The number of carbonyl (C=O) groups is 3. The van der Waals surface area contributed by atoms with Gasteiger partial charge in [-0.3, -0.25) is 14.5 Å². The lowest BCUT2D eigenvalue weighted by molar-refractivity contribution is -0.130. The molecule has 0 radical (unpaired) electrons. The Bertz CT molecular complexity index is 944. The molecule has 3 amide bonds. The molecule has 1 N–H and O–H groups in total. The van der Waals surface area contributed by atoms with Crippen molar-refractivity contribution in [3.63, 3.8) is 0 Å². The van der Waals surface area contributed by atoms with Gasteiger partial charge >= 0.3 is 6.03 Å². The zero-order valence-electron chi connectivity index (χ0n) is 15.6. The Morgan fingerprint density at radius 2 is 1.79 bits per heavy atom. The summed E-state index contributed by atoms with van der Waals surface area (Å²) in [6.07, 6.45) is 0. The minimum Gasteiger partial charge on any atom is -0.497 e. The van der Waals surface area contributed by atoms with Crippen molar-refractivity contribution in [1.82, 2.24) is 10.2 Å². The Morgan fingerprint density at radius 1 is 1.11 bits per heavy atom. The van der Waals surface area contributed by atoms with Gasteiger partial charge in [-0.2, -0.15) is 0 Å². The summed E-state index contributed by atoms with van der Waals surface area (Å²) in [5, 5.41) is 2.62. The van der Waals surface area contributed by atoms with E-state index in [1.807, 2.05) is 0 Å². The van der Waals surface area contributed by atoms with Gasteiger partial charge in [0.05, 0.1) is 20.8 Å². The van der Waals surface area contributed by atoms with E-state index in [1.165, 1.54) is 26.4 Å². The molecule has 0 saturated carbocycles. The number of nitrogens with zero attached hydrogens (tertiary/aromatic N) is 1. The zero-order valence-corrected chi connectivity index (χ0v) is 15.6. The van der Waals surface area contributed by atoms with Gasteiger partial charge in [0.25, 0.3) is 5.91 Å². The fourth-order valence-electron chi connectivity index (χ4n) is 3.04. The third kappa shape index (κ3) is 3.28. The van der Waals surface area contributed by atoms with Gasteiger partial charge in [0.2, 0.25) is 0 Å². The largest absolute Gasteiger partial charge is 0.497 e. The van der Waals surface area contributed by atoms with Crippen LogP contribution in [0.1, 0.15) is 22.8 Å². The molecule has 7 nitrogen and oxygen atoms in total. The number of Topliss-reactive ketones (excluding diaryl/α,β-unsaturated/α-hetero) is 1. The second kappa shape index (κ2) is 7.30. The highest BCUT2D eigenvalue weighted by Gasteiger charge is 2.49. The van der Waals surface area contributed by atoms with E-state index in [1.54, 1.807) is 31.2 Å². The summed E-state index contributed by atoms with van der Waals surface area (Å²) in [6, 6.07) is 9.71. The van der Waals surface area contributed by atoms with Crippen LogP contribution in [0.2, 0.25) is 0 Å². The van der Waals surface area contributed by atoms with Crippen LogP contribution in [0.3, 0.4) is 0 Å². The van der Waals surface area contributed by atoms with E-state index in [2.05, 4.69) is 5.32 Å². The molecule has 1 aliphatic heterocycles. The SMILES string of the molecule is COc1ccc([C@@]2(C)NC(=O)N(CC(=O)c3ccc(OC)c(F)c3)C2=O)cc1. The number of halogens is 1. The number of urea groups is 1. The van der Waals surface area contributed by atoms with E-state index >= 15 is 0 Å². The third-order valence-electron chi connectivity index (χ3n) is 4.72. The molecule has 0 aliphatic carbocycles. The van der Waals surface area contributed by atoms with Crippen molar-refractivity contribution in [2.24, 2.45) is 0 Å². The summed E-state index contributed by atoms with van der Waals surface area (Å²) in [4.78, 5) is 38.6. The quantitative estimate of drug-likeness (QED) is 0.609. The first kappa shape index (κ1) is 19.3. The highest BCUT2D eigenvalue weighted by molar-refractivity contribution is 6.11. The summed E-state index contributed by atoms with van der Waals surface area (Å²) in [5.74, 6) is -1.22. The molecule has 8 heteroatoms. The minimum atomic E-state index is -1.31. The third-order valence-corrected chi connectivity index (χ3v) is 4.72. The first-order valence-corrected chi connectivity index (χ1v) is 8.45. The van der Waals surface area contributed by atoms with E-state index in [-0.39, 0.29) is 11.3 Å². The van der Waals surface area contributed by atoms with Gasteiger partial charge in [-0.25, -0.2) is 9.18 Å². The van der Waals surface area contributed by atoms with Crippen molar-refractivity contribution in [3.05, 3.63) is 59.4 Å². The highest BCUT2D eigenvalue weighted by Crippen LogP contribution is 2.30. The lowest BCUT2D eigenvalue weighted by Crippen LogP contribution is -2.41. The number of hydrogen-bond acceptors (Lipinski definition) is 5. The van der Waals surface area contributed by atoms with Crippen LogP contribution in [0.5, 0.6) is 11.5 Å². The van der Waals surface area contributed by atoms with Gasteiger partial charge in [-0.15, -0.1) is 0 Å². The maximum Gasteiger partial charge on any atom is 0.325 e. The number of hydrogen-bond donors (Lipinski definition) is 1. The number of ketones is 1. The first-order chi connectivity index (χ1) is 13.3. The molecule has 1 aliphatic rings. The van der Waals surface area contributed by atoms with E-state index in [4.69, 9.17) is 9.47 Å². The molecule has 0 aromatic heterocycles. The van der Waals surface area contributed by atoms with Crippen LogP contribution in [-0.4, -0.2) is 43.4 Å². The highest BCUT2D eigenvalue weighted by atomic mass is 19.1. The number of rotatable bonds is 6. The summed E-state index contributed by atoms with van der Waals surface area (Å²) in [7, 11) is 2.84. The molecule has 0 bridgehead atoms. The van der Waals surface area contributed by atoms with Crippen molar-refractivity contribution in [3.8, 4) is 11.5 Å². The van der Waals surface area contributed by atoms with Crippen molar-refractivity contribution in [1.29, 1.82) is 0 Å². The maximum atomic E-state index is 13.8. The Labute approximate surface area is 161 Å². The lowest BCUT2D eigenvalue weighted by atomic mass is 9.92. The van der Waals surface area contributed by atoms with Crippen LogP contribution in [0.25, 0.3) is 0 Å². The standard InChI is InChI=1S/C20H19FN2O5/c1-20(13-5-7-14(27-2)8-6-13)18(25)23(19(26)22-20)11-16(24)12-4-9-17(28-3)15(21)10-12/h4-10H,11H2,1-3H3,(H,22,26)/t20-/m1/s1. The van der Waals surface area contributed by atoms with E-state index in [0.717, 1.165) is 11.0 Å². The Morgan fingerprint density at radius 3 is 2.36 bits per heavy atom.